The van der Waals surface area contributed by atoms with Crippen LogP contribution >= 0.6 is 11.6 Å². The standard InChI is InChI=1S/C16H15ClFNO2/c1-21-10-12-5-3-2-4-11(12)9-19-16(20)14-8-13(17)6-7-15(14)18/h2-8H,9-10H2,1H3,(H,19,20). The van der Waals surface area contributed by atoms with Gasteiger partial charge in [0, 0.05) is 18.7 Å². The van der Waals surface area contributed by atoms with Crippen molar-refractivity contribution in [1.82, 2.24) is 5.32 Å². The van der Waals surface area contributed by atoms with Crippen molar-refractivity contribution in [2.24, 2.45) is 0 Å². The van der Waals surface area contributed by atoms with Gasteiger partial charge < -0.3 is 10.1 Å². The first-order chi connectivity index (χ1) is 10.1. The molecule has 21 heavy (non-hydrogen) atoms. The zero-order valence-corrected chi connectivity index (χ0v) is 12.3. The van der Waals surface area contributed by atoms with Gasteiger partial charge in [0.1, 0.15) is 5.82 Å². The molecule has 0 saturated carbocycles. The highest BCUT2D eigenvalue weighted by Gasteiger charge is 2.12. The van der Waals surface area contributed by atoms with Crippen LogP contribution < -0.4 is 5.32 Å². The van der Waals surface area contributed by atoms with Gasteiger partial charge in [0.05, 0.1) is 12.2 Å². The average molecular weight is 308 g/mol. The number of ether oxygens (including phenoxy) is 1. The molecule has 0 aliphatic rings. The molecule has 0 aliphatic heterocycles. The summed E-state index contributed by atoms with van der Waals surface area (Å²) in [6, 6.07) is 11.5. The summed E-state index contributed by atoms with van der Waals surface area (Å²) in [6.07, 6.45) is 0. The molecule has 0 bridgehead atoms. The third-order valence-electron chi connectivity index (χ3n) is 3.03. The molecule has 0 spiro atoms. The molecule has 0 saturated heterocycles. The van der Waals surface area contributed by atoms with Crippen LogP contribution in [0.3, 0.4) is 0 Å². The van der Waals surface area contributed by atoms with Crippen molar-refractivity contribution in [2.45, 2.75) is 13.2 Å². The first-order valence-corrected chi connectivity index (χ1v) is 6.78. The molecule has 1 N–H and O–H groups in total. The van der Waals surface area contributed by atoms with E-state index in [2.05, 4.69) is 5.32 Å². The van der Waals surface area contributed by atoms with Gasteiger partial charge in [0.25, 0.3) is 5.91 Å². The molecule has 1 amide bonds. The van der Waals surface area contributed by atoms with Crippen LogP contribution in [0.2, 0.25) is 5.02 Å². The highest BCUT2D eigenvalue weighted by molar-refractivity contribution is 6.30. The second kappa shape index (κ2) is 7.20. The lowest BCUT2D eigenvalue weighted by atomic mass is 10.1. The number of amides is 1. The molecule has 0 heterocycles. The number of halogens is 2. The van der Waals surface area contributed by atoms with Gasteiger partial charge in [0.2, 0.25) is 0 Å². The van der Waals surface area contributed by atoms with Crippen molar-refractivity contribution in [2.75, 3.05) is 7.11 Å². The lowest BCUT2D eigenvalue weighted by Crippen LogP contribution is -2.24. The van der Waals surface area contributed by atoms with Gasteiger partial charge in [-0.25, -0.2) is 4.39 Å². The van der Waals surface area contributed by atoms with E-state index in [1.165, 1.54) is 18.2 Å². The highest BCUT2D eigenvalue weighted by Crippen LogP contribution is 2.15. The summed E-state index contributed by atoms with van der Waals surface area (Å²) >= 11 is 5.78. The van der Waals surface area contributed by atoms with Gasteiger partial charge in [0.15, 0.2) is 0 Å². The summed E-state index contributed by atoms with van der Waals surface area (Å²) in [5.41, 5.74) is 1.84. The zero-order valence-electron chi connectivity index (χ0n) is 11.5. The molecule has 2 rings (SSSR count). The van der Waals surface area contributed by atoms with Crippen molar-refractivity contribution in [3.63, 3.8) is 0 Å². The van der Waals surface area contributed by atoms with Gasteiger partial charge in [-0.05, 0) is 29.3 Å². The minimum atomic E-state index is -0.595. The van der Waals surface area contributed by atoms with E-state index in [1.54, 1.807) is 7.11 Å². The van der Waals surface area contributed by atoms with Crippen LogP contribution in [0, 0.1) is 5.82 Å². The van der Waals surface area contributed by atoms with E-state index in [0.717, 1.165) is 11.1 Å². The van der Waals surface area contributed by atoms with Gasteiger partial charge in [-0.1, -0.05) is 35.9 Å². The van der Waals surface area contributed by atoms with Gasteiger partial charge >= 0.3 is 0 Å². The Morgan fingerprint density at radius 1 is 1.24 bits per heavy atom. The highest BCUT2D eigenvalue weighted by atomic mass is 35.5. The number of rotatable bonds is 5. The number of methoxy groups -OCH3 is 1. The summed E-state index contributed by atoms with van der Waals surface area (Å²) in [5.74, 6) is -1.09. The third-order valence-corrected chi connectivity index (χ3v) is 3.27. The molecule has 5 heteroatoms. The number of nitrogens with one attached hydrogen (secondary N) is 1. The van der Waals surface area contributed by atoms with Crippen LogP contribution in [0.25, 0.3) is 0 Å². The Balaban J connectivity index is 2.09. The zero-order chi connectivity index (χ0) is 15.2. The molecule has 110 valence electrons. The summed E-state index contributed by atoms with van der Waals surface area (Å²) in [6.45, 7) is 0.752. The number of hydrogen-bond donors (Lipinski definition) is 1. The molecule has 3 nitrogen and oxygen atoms in total. The van der Waals surface area contributed by atoms with E-state index in [9.17, 15) is 9.18 Å². The normalized spacial score (nSPS) is 10.4. The average Bonchev–Trinajstić information content (AvgIpc) is 2.49. The molecular weight excluding hydrogens is 293 g/mol. The van der Waals surface area contributed by atoms with Crippen molar-refractivity contribution in [3.05, 3.63) is 70.0 Å². The van der Waals surface area contributed by atoms with Crippen LogP contribution in [-0.4, -0.2) is 13.0 Å². The van der Waals surface area contributed by atoms with Crippen LogP contribution in [0.5, 0.6) is 0 Å². The topological polar surface area (TPSA) is 38.3 Å². The maximum Gasteiger partial charge on any atom is 0.254 e. The maximum atomic E-state index is 13.6. The number of benzene rings is 2. The number of hydrogen-bond acceptors (Lipinski definition) is 2. The lowest BCUT2D eigenvalue weighted by molar-refractivity contribution is 0.0946. The molecule has 0 radical (unpaired) electrons. The maximum absolute atomic E-state index is 13.6. The SMILES string of the molecule is COCc1ccccc1CNC(=O)c1cc(Cl)ccc1F. The quantitative estimate of drug-likeness (QED) is 0.917. The molecular formula is C16H15ClFNO2. The predicted molar refractivity (Wildman–Crippen MR) is 79.7 cm³/mol. The largest absolute Gasteiger partial charge is 0.380 e. The fraction of sp³-hybridized carbons (Fsp3) is 0.188. The minimum absolute atomic E-state index is 0.0632. The molecule has 0 atom stereocenters. The van der Waals surface area contributed by atoms with Crippen molar-refractivity contribution in [3.8, 4) is 0 Å². The van der Waals surface area contributed by atoms with E-state index in [4.69, 9.17) is 16.3 Å². The van der Waals surface area contributed by atoms with Gasteiger partial charge in [-0.2, -0.15) is 0 Å². The van der Waals surface area contributed by atoms with Crippen LogP contribution in [-0.2, 0) is 17.9 Å². The predicted octanol–water partition coefficient (Wildman–Crippen LogP) is 3.56. The van der Waals surface area contributed by atoms with E-state index in [0.29, 0.717) is 18.2 Å². The Morgan fingerprint density at radius 2 is 1.95 bits per heavy atom. The third kappa shape index (κ3) is 4.03. The van der Waals surface area contributed by atoms with Crippen LogP contribution in [0.1, 0.15) is 21.5 Å². The summed E-state index contributed by atoms with van der Waals surface area (Å²) in [7, 11) is 1.61. The van der Waals surface area contributed by atoms with Crippen LogP contribution in [0.4, 0.5) is 4.39 Å². The van der Waals surface area contributed by atoms with Crippen molar-refractivity contribution < 1.29 is 13.9 Å². The fourth-order valence-electron chi connectivity index (χ4n) is 1.97. The number of carbonyl (C=O) groups excluding carboxylic acids is 1. The monoisotopic (exact) mass is 307 g/mol. The molecule has 0 aromatic heterocycles. The summed E-state index contributed by atoms with van der Waals surface area (Å²) in [4.78, 5) is 12.0. The van der Waals surface area contributed by atoms with Crippen molar-refractivity contribution in [1.29, 1.82) is 0 Å². The second-order valence-corrected chi connectivity index (χ2v) is 4.95. The Bertz CT molecular complexity index is 646. The molecule has 0 fully saturated rings. The van der Waals surface area contributed by atoms with E-state index in [-0.39, 0.29) is 5.56 Å². The summed E-state index contributed by atoms with van der Waals surface area (Å²) in [5, 5.41) is 3.01. The first-order valence-electron chi connectivity index (χ1n) is 6.41. The lowest BCUT2D eigenvalue weighted by Gasteiger charge is -2.10. The number of carbonyl (C=O) groups is 1. The Kier molecular flexibility index (Phi) is 5.31. The Morgan fingerprint density at radius 3 is 2.67 bits per heavy atom. The fourth-order valence-corrected chi connectivity index (χ4v) is 2.14. The molecule has 2 aromatic carbocycles. The van der Waals surface area contributed by atoms with E-state index in [1.807, 2.05) is 24.3 Å². The molecule has 0 aliphatic carbocycles. The smallest absolute Gasteiger partial charge is 0.254 e. The van der Waals surface area contributed by atoms with E-state index < -0.39 is 11.7 Å². The van der Waals surface area contributed by atoms with Crippen molar-refractivity contribution >= 4 is 17.5 Å². The summed E-state index contributed by atoms with van der Waals surface area (Å²) < 4.78 is 18.7. The minimum Gasteiger partial charge on any atom is -0.380 e. The van der Waals surface area contributed by atoms with E-state index >= 15 is 0 Å². The second-order valence-electron chi connectivity index (χ2n) is 4.51. The van der Waals surface area contributed by atoms with Crippen LogP contribution in [0.15, 0.2) is 42.5 Å². The Hall–Kier alpha value is -1.91. The molecule has 0 unspecified atom stereocenters. The Labute approximate surface area is 127 Å². The van der Waals surface area contributed by atoms with Gasteiger partial charge in [-0.15, -0.1) is 0 Å². The molecule has 2 aromatic rings. The van der Waals surface area contributed by atoms with Gasteiger partial charge in [-0.3, -0.25) is 4.79 Å². The first kappa shape index (κ1) is 15.5.